The Bertz CT molecular complexity index is 297. The van der Waals surface area contributed by atoms with Crippen molar-refractivity contribution in [1.29, 1.82) is 0 Å². The Morgan fingerprint density at radius 2 is 2.00 bits per heavy atom. The van der Waals surface area contributed by atoms with Gasteiger partial charge in [-0.1, -0.05) is 12.1 Å². The molecule has 1 nitrogen and oxygen atoms in total. The van der Waals surface area contributed by atoms with Gasteiger partial charge >= 0.3 is 0 Å². The second-order valence-corrected chi connectivity index (χ2v) is 2.81. The summed E-state index contributed by atoms with van der Waals surface area (Å²) < 4.78 is 12.5. The van der Waals surface area contributed by atoms with Crippen molar-refractivity contribution in [2.24, 2.45) is 0 Å². The maximum atomic E-state index is 12.5. The van der Waals surface area contributed by atoms with Crippen LogP contribution in [0.5, 0.6) is 0 Å². The van der Waals surface area contributed by atoms with Crippen molar-refractivity contribution in [3.8, 4) is 12.3 Å². The van der Waals surface area contributed by atoms with Gasteiger partial charge in [0, 0.05) is 6.42 Å². The standard InChI is InChI=1S/C11H11FO/c1-2-3-4-11(13)9-5-7-10(12)8-6-9/h1,5-8,11,13H,3-4H2. The van der Waals surface area contributed by atoms with Crippen molar-refractivity contribution in [1.82, 2.24) is 0 Å². The molecule has 0 aliphatic rings. The largest absolute Gasteiger partial charge is 0.388 e. The topological polar surface area (TPSA) is 20.2 Å². The van der Waals surface area contributed by atoms with Crippen molar-refractivity contribution in [2.75, 3.05) is 0 Å². The fourth-order valence-electron chi connectivity index (χ4n) is 1.07. The van der Waals surface area contributed by atoms with Crippen LogP contribution in [0.4, 0.5) is 4.39 Å². The molecule has 1 unspecified atom stereocenters. The molecule has 0 radical (unpaired) electrons. The van der Waals surface area contributed by atoms with Gasteiger partial charge in [0.25, 0.3) is 0 Å². The van der Waals surface area contributed by atoms with E-state index in [1.165, 1.54) is 12.1 Å². The quantitative estimate of drug-likeness (QED) is 0.704. The van der Waals surface area contributed by atoms with Gasteiger partial charge in [-0.05, 0) is 24.1 Å². The Kier molecular flexibility index (Phi) is 3.48. The minimum absolute atomic E-state index is 0.298. The molecule has 0 aliphatic heterocycles. The molecule has 1 atom stereocenters. The van der Waals surface area contributed by atoms with E-state index in [0.717, 1.165) is 0 Å². The fourth-order valence-corrected chi connectivity index (χ4v) is 1.07. The third-order valence-corrected chi connectivity index (χ3v) is 1.82. The highest BCUT2D eigenvalue weighted by atomic mass is 19.1. The third-order valence-electron chi connectivity index (χ3n) is 1.82. The van der Waals surface area contributed by atoms with Gasteiger partial charge in [-0.15, -0.1) is 12.3 Å². The molecule has 0 aliphatic carbocycles. The summed E-state index contributed by atoms with van der Waals surface area (Å²) in [6, 6.07) is 5.79. The Hall–Kier alpha value is -1.33. The summed E-state index contributed by atoms with van der Waals surface area (Å²) in [5.41, 5.74) is 0.705. The maximum Gasteiger partial charge on any atom is 0.123 e. The molecular formula is C11H11FO. The van der Waals surface area contributed by atoms with Gasteiger partial charge in [0.2, 0.25) is 0 Å². The second-order valence-electron chi connectivity index (χ2n) is 2.81. The average Bonchev–Trinajstić information content (AvgIpc) is 2.15. The van der Waals surface area contributed by atoms with Crippen LogP contribution in [0.15, 0.2) is 24.3 Å². The maximum absolute atomic E-state index is 12.5. The smallest absolute Gasteiger partial charge is 0.123 e. The molecule has 1 N–H and O–H groups in total. The van der Waals surface area contributed by atoms with E-state index in [2.05, 4.69) is 5.92 Å². The van der Waals surface area contributed by atoms with Crippen LogP contribution < -0.4 is 0 Å². The lowest BCUT2D eigenvalue weighted by Gasteiger charge is -2.08. The zero-order valence-corrected chi connectivity index (χ0v) is 7.20. The van der Waals surface area contributed by atoms with Gasteiger partial charge in [0.05, 0.1) is 6.10 Å². The number of aliphatic hydroxyl groups is 1. The minimum Gasteiger partial charge on any atom is -0.388 e. The van der Waals surface area contributed by atoms with E-state index in [1.807, 2.05) is 0 Å². The molecule has 68 valence electrons. The normalized spacial score (nSPS) is 12.1. The van der Waals surface area contributed by atoms with E-state index < -0.39 is 6.10 Å². The van der Waals surface area contributed by atoms with Gasteiger partial charge < -0.3 is 5.11 Å². The van der Waals surface area contributed by atoms with Crippen LogP contribution in [0.1, 0.15) is 24.5 Å². The van der Waals surface area contributed by atoms with Gasteiger partial charge in [0.15, 0.2) is 0 Å². The zero-order valence-electron chi connectivity index (χ0n) is 7.20. The summed E-state index contributed by atoms with van der Waals surface area (Å²) in [5, 5.41) is 9.52. The number of aliphatic hydroxyl groups excluding tert-OH is 1. The first-order valence-electron chi connectivity index (χ1n) is 4.11. The van der Waals surface area contributed by atoms with Gasteiger partial charge in [-0.3, -0.25) is 0 Å². The summed E-state index contributed by atoms with van der Waals surface area (Å²) >= 11 is 0. The molecule has 0 fully saturated rings. The molecule has 0 bridgehead atoms. The lowest BCUT2D eigenvalue weighted by atomic mass is 10.1. The predicted molar refractivity (Wildman–Crippen MR) is 49.4 cm³/mol. The first-order chi connectivity index (χ1) is 6.24. The zero-order chi connectivity index (χ0) is 9.68. The Morgan fingerprint density at radius 1 is 1.38 bits per heavy atom. The first-order valence-corrected chi connectivity index (χ1v) is 4.11. The Balaban J connectivity index is 2.62. The molecule has 0 heterocycles. The average molecular weight is 178 g/mol. The van der Waals surface area contributed by atoms with E-state index in [1.54, 1.807) is 12.1 Å². The van der Waals surface area contributed by atoms with E-state index in [9.17, 15) is 9.50 Å². The number of halogens is 1. The molecule has 0 aromatic heterocycles. The van der Waals surface area contributed by atoms with E-state index in [4.69, 9.17) is 6.42 Å². The van der Waals surface area contributed by atoms with E-state index >= 15 is 0 Å². The fraction of sp³-hybridized carbons (Fsp3) is 0.273. The lowest BCUT2D eigenvalue weighted by Crippen LogP contribution is -1.96. The number of benzene rings is 1. The summed E-state index contributed by atoms with van der Waals surface area (Å²) in [7, 11) is 0. The van der Waals surface area contributed by atoms with E-state index in [-0.39, 0.29) is 5.82 Å². The van der Waals surface area contributed by atoms with E-state index in [0.29, 0.717) is 18.4 Å². The molecule has 0 saturated heterocycles. The summed E-state index contributed by atoms with van der Waals surface area (Å²) in [5.74, 6) is 2.15. The highest BCUT2D eigenvalue weighted by Crippen LogP contribution is 2.17. The highest BCUT2D eigenvalue weighted by molar-refractivity contribution is 5.18. The molecular weight excluding hydrogens is 167 g/mol. The van der Waals surface area contributed by atoms with Gasteiger partial charge in [-0.2, -0.15) is 0 Å². The molecule has 13 heavy (non-hydrogen) atoms. The number of terminal acetylenes is 1. The molecule has 1 aromatic carbocycles. The van der Waals surface area contributed by atoms with Crippen molar-refractivity contribution in [2.45, 2.75) is 18.9 Å². The summed E-state index contributed by atoms with van der Waals surface area (Å²) in [6.45, 7) is 0. The monoisotopic (exact) mass is 178 g/mol. The van der Waals surface area contributed by atoms with Crippen molar-refractivity contribution in [3.05, 3.63) is 35.6 Å². The molecule has 0 amide bonds. The van der Waals surface area contributed by atoms with Crippen LogP contribution in [-0.2, 0) is 0 Å². The van der Waals surface area contributed by atoms with Crippen LogP contribution >= 0.6 is 0 Å². The summed E-state index contributed by atoms with van der Waals surface area (Å²) in [6.07, 6.45) is 5.51. The second kappa shape index (κ2) is 4.64. The minimum atomic E-state index is -0.586. The van der Waals surface area contributed by atoms with Crippen LogP contribution in [0.25, 0.3) is 0 Å². The lowest BCUT2D eigenvalue weighted by molar-refractivity contribution is 0.169. The first kappa shape index (κ1) is 9.76. The van der Waals surface area contributed by atoms with Crippen LogP contribution in [0.2, 0.25) is 0 Å². The number of hydrogen-bond donors (Lipinski definition) is 1. The van der Waals surface area contributed by atoms with Crippen molar-refractivity contribution >= 4 is 0 Å². The van der Waals surface area contributed by atoms with Crippen molar-refractivity contribution < 1.29 is 9.50 Å². The number of hydrogen-bond acceptors (Lipinski definition) is 1. The van der Waals surface area contributed by atoms with Crippen LogP contribution in [-0.4, -0.2) is 5.11 Å². The van der Waals surface area contributed by atoms with Gasteiger partial charge in [0.1, 0.15) is 5.82 Å². The van der Waals surface area contributed by atoms with Crippen molar-refractivity contribution in [3.63, 3.8) is 0 Å². The predicted octanol–water partition coefficient (Wildman–Crippen LogP) is 2.27. The number of rotatable bonds is 3. The Labute approximate surface area is 77.2 Å². The molecule has 0 saturated carbocycles. The molecule has 1 aromatic rings. The third kappa shape index (κ3) is 2.89. The summed E-state index contributed by atoms with van der Waals surface area (Å²) in [4.78, 5) is 0. The Morgan fingerprint density at radius 3 is 2.54 bits per heavy atom. The molecule has 2 heteroatoms. The highest BCUT2D eigenvalue weighted by Gasteiger charge is 2.05. The van der Waals surface area contributed by atoms with Crippen LogP contribution in [0, 0.1) is 18.2 Å². The SMILES string of the molecule is C#CCCC(O)c1ccc(F)cc1. The van der Waals surface area contributed by atoms with Gasteiger partial charge in [-0.25, -0.2) is 4.39 Å². The molecule has 0 spiro atoms. The van der Waals surface area contributed by atoms with Crippen LogP contribution in [0.3, 0.4) is 0 Å². The molecule has 1 rings (SSSR count).